The Bertz CT molecular complexity index is 653. The lowest BCUT2D eigenvalue weighted by Crippen LogP contribution is -2.46. The van der Waals surface area contributed by atoms with Crippen LogP contribution in [0.3, 0.4) is 0 Å². The predicted octanol–water partition coefficient (Wildman–Crippen LogP) is 3.12. The van der Waals surface area contributed by atoms with Crippen molar-refractivity contribution in [1.82, 2.24) is 14.9 Å². The van der Waals surface area contributed by atoms with Gasteiger partial charge in [-0.15, -0.1) is 0 Å². The number of H-pyrrole nitrogens is 1. The van der Waals surface area contributed by atoms with Crippen LogP contribution in [0.2, 0.25) is 0 Å². The third-order valence-electron chi connectivity index (χ3n) is 4.63. The quantitative estimate of drug-likeness (QED) is 0.890. The van der Waals surface area contributed by atoms with Crippen LogP contribution in [-0.2, 0) is 4.79 Å². The molecule has 2 atom stereocenters. The average molecular weight is 313 g/mol. The summed E-state index contributed by atoms with van der Waals surface area (Å²) in [6.07, 6.45) is 4.57. The van der Waals surface area contributed by atoms with Crippen LogP contribution in [0, 0.1) is 0 Å². The van der Waals surface area contributed by atoms with Gasteiger partial charge in [0.25, 0.3) is 0 Å². The van der Waals surface area contributed by atoms with Gasteiger partial charge in [0.05, 0.1) is 11.9 Å². The third kappa shape index (κ3) is 3.45. The molecule has 0 saturated carbocycles. The molecule has 0 bridgehead atoms. The van der Waals surface area contributed by atoms with E-state index in [-0.39, 0.29) is 12.0 Å². The highest BCUT2D eigenvalue weighted by Crippen LogP contribution is 2.28. The van der Waals surface area contributed by atoms with Gasteiger partial charge >= 0.3 is 5.97 Å². The monoisotopic (exact) mass is 313 g/mol. The standard InChI is InChI=1S/C18H23N3O2/c1-2-16(18(22)23)21-10-6-9-14(12-21)17-19-11-15(20-17)13-7-4-3-5-8-13/h3-5,7-8,11,14,16H,2,6,9-10,12H2,1H3,(H,19,20)(H,22,23)/t14-,16-/m1/s1. The maximum atomic E-state index is 11.4. The number of carboxylic acids is 1. The van der Waals surface area contributed by atoms with E-state index in [1.165, 1.54) is 0 Å². The Morgan fingerprint density at radius 2 is 2.22 bits per heavy atom. The molecule has 23 heavy (non-hydrogen) atoms. The molecule has 2 N–H and O–H groups in total. The van der Waals surface area contributed by atoms with E-state index in [2.05, 4.69) is 27.0 Å². The number of nitrogens with one attached hydrogen (secondary N) is 1. The van der Waals surface area contributed by atoms with Crippen molar-refractivity contribution in [2.24, 2.45) is 0 Å². The minimum Gasteiger partial charge on any atom is -0.480 e. The topological polar surface area (TPSA) is 69.2 Å². The van der Waals surface area contributed by atoms with E-state index in [0.717, 1.165) is 43.0 Å². The van der Waals surface area contributed by atoms with Crippen molar-refractivity contribution in [3.8, 4) is 11.3 Å². The van der Waals surface area contributed by atoms with Crippen LogP contribution in [0.15, 0.2) is 36.5 Å². The highest BCUT2D eigenvalue weighted by molar-refractivity contribution is 5.73. The normalized spacial score (nSPS) is 20.3. The number of likely N-dealkylation sites (tertiary alicyclic amines) is 1. The van der Waals surface area contributed by atoms with E-state index in [1.54, 1.807) is 0 Å². The second kappa shape index (κ2) is 6.96. The largest absolute Gasteiger partial charge is 0.480 e. The van der Waals surface area contributed by atoms with Gasteiger partial charge in [0, 0.05) is 12.5 Å². The molecule has 1 aromatic heterocycles. The number of hydrogen-bond donors (Lipinski definition) is 2. The average Bonchev–Trinajstić information content (AvgIpc) is 3.06. The number of benzene rings is 1. The van der Waals surface area contributed by atoms with Gasteiger partial charge in [-0.25, -0.2) is 4.98 Å². The number of nitrogens with zero attached hydrogens (tertiary/aromatic N) is 2. The molecule has 3 rings (SSSR count). The number of aliphatic carboxylic acids is 1. The SMILES string of the molecule is CC[C@H](C(=O)O)N1CCC[C@@H](c2ncc(-c3ccccc3)[nH]2)C1. The highest BCUT2D eigenvalue weighted by atomic mass is 16.4. The lowest BCUT2D eigenvalue weighted by atomic mass is 9.95. The molecule has 1 saturated heterocycles. The first-order chi connectivity index (χ1) is 11.2. The number of carboxylic acid groups (broad SMARTS) is 1. The fraction of sp³-hybridized carbons (Fsp3) is 0.444. The number of hydrogen-bond acceptors (Lipinski definition) is 3. The van der Waals surface area contributed by atoms with Gasteiger partial charge in [0.2, 0.25) is 0 Å². The first-order valence-corrected chi connectivity index (χ1v) is 8.26. The van der Waals surface area contributed by atoms with E-state index in [9.17, 15) is 9.90 Å². The van der Waals surface area contributed by atoms with Crippen molar-refractivity contribution in [2.75, 3.05) is 13.1 Å². The molecule has 1 aliphatic heterocycles. The number of aromatic amines is 1. The Morgan fingerprint density at radius 3 is 2.91 bits per heavy atom. The summed E-state index contributed by atoms with van der Waals surface area (Å²) < 4.78 is 0. The molecular weight excluding hydrogens is 290 g/mol. The molecule has 2 heterocycles. The highest BCUT2D eigenvalue weighted by Gasteiger charge is 2.30. The van der Waals surface area contributed by atoms with Gasteiger partial charge in [0.15, 0.2) is 0 Å². The van der Waals surface area contributed by atoms with Crippen LogP contribution >= 0.6 is 0 Å². The maximum Gasteiger partial charge on any atom is 0.320 e. The maximum absolute atomic E-state index is 11.4. The van der Waals surface area contributed by atoms with Crippen LogP contribution in [0.1, 0.15) is 37.9 Å². The number of imidazole rings is 1. The molecular formula is C18H23N3O2. The van der Waals surface area contributed by atoms with Crippen LogP contribution in [-0.4, -0.2) is 45.1 Å². The van der Waals surface area contributed by atoms with Crippen molar-refractivity contribution in [2.45, 2.75) is 38.1 Å². The Labute approximate surface area is 136 Å². The zero-order chi connectivity index (χ0) is 16.2. The first kappa shape index (κ1) is 15.7. The molecule has 0 aliphatic carbocycles. The van der Waals surface area contributed by atoms with Gasteiger partial charge in [-0.1, -0.05) is 37.3 Å². The molecule has 2 aromatic rings. The second-order valence-electron chi connectivity index (χ2n) is 6.14. The van der Waals surface area contributed by atoms with E-state index >= 15 is 0 Å². The minimum atomic E-state index is -0.724. The third-order valence-corrected chi connectivity index (χ3v) is 4.63. The van der Waals surface area contributed by atoms with Crippen molar-refractivity contribution < 1.29 is 9.90 Å². The van der Waals surface area contributed by atoms with Gasteiger partial charge in [0.1, 0.15) is 11.9 Å². The lowest BCUT2D eigenvalue weighted by molar-refractivity contribution is -0.144. The minimum absolute atomic E-state index is 0.273. The predicted molar refractivity (Wildman–Crippen MR) is 89.3 cm³/mol. The summed E-state index contributed by atoms with van der Waals surface area (Å²) in [7, 11) is 0. The summed E-state index contributed by atoms with van der Waals surface area (Å²) in [4.78, 5) is 21.5. The first-order valence-electron chi connectivity index (χ1n) is 8.26. The number of aromatic nitrogens is 2. The summed E-state index contributed by atoms with van der Waals surface area (Å²) in [6, 6.07) is 9.75. The van der Waals surface area contributed by atoms with Crippen molar-refractivity contribution in [3.05, 3.63) is 42.4 Å². The molecule has 5 nitrogen and oxygen atoms in total. The zero-order valence-corrected chi connectivity index (χ0v) is 13.4. The smallest absolute Gasteiger partial charge is 0.320 e. The van der Waals surface area contributed by atoms with E-state index in [1.807, 2.05) is 31.3 Å². The van der Waals surface area contributed by atoms with Crippen molar-refractivity contribution in [1.29, 1.82) is 0 Å². The lowest BCUT2D eigenvalue weighted by Gasteiger charge is -2.35. The molecule has 0 spiro atoms. The van der Waals surface area contributed by atoms with Gasteiger partial charge in [-0.2, -0.15) is 0 Å². The Kier molecular flexibility index (Phi) is 4.76. The van der Waals surface area contributed by atoms with E-state index in [4.69, 9.17) is 0 Å². The van der Waals surface area contributed by atoms with Gasteiger partial charge in [-0.3, -0.25) is 9.69 Å². The molecule has 1 aromatic carbocycles. The fourth-order valence-electron chi connectivity index (χ4n) is 3.41. The molecule has 1 aliphatic rings. The number of carbonyl (C=O) groups is 1. The van der Waals surface area contributed by atoms with Crippen LogP contribution in [0.25, 0.3) is 11.3 Å². The number of rotatable bonds is 5. The molecule has 0 unspecified atom stereocenters. The summed E-state index contributed by atoms with van der Waals surface area (Å²) >= 11 is 0. The Hall–Kier alpha value is -2.14. The van der Waals surface area contributed by atoms with Crippen LogP contribution in [0.5, 0.6) is 0 Å². The Balaban J connectivity index is 1.74. The van der Waals surface area contributed by atoms with E-state index < -0.39 is 5.97 Å². The summed E-state index contributed by atoms with van der Waals surface area (Å²) in [6.45, 7) is 3.54. The Morgan fingerprint density at radius 1 is 1.43 bits per heavy atom. The van der Waals surface area contributed by atoms with E-state index in [0.29, 0.717) is 6.42 Å². The molecule has 122 valence electrons. The molecule has 5 heteroatoms. The zero-order valence-electron chi connectivity index (χ0n) is 13.4. The molecule has 0 amide bonds. The molecule has 1 fully saturated rings. The van der Waals surface area contributed by atoms with Crippen LogP contribution < -0.4 is 0 Å². The summed E-state index contributed by atoms with van der Waals surface area (Å²) in [5.74, 6) is 0.515. The summed E-state index contributed by atoms with van der Waals surface area (Å²) in [5.41, 5.74) is 2.14. The van der Waals surface area contributed by atoms with Crippen LogP contribution in [0.4, 0.5) is 0 Å². The van der Waals surface area contributed by atoms with Crippen molar-refractivity contribution >= 4 is 5.97 Å². The fourth-order valence-corrected chi connectivity index (χ4v) is 3.41. The van der Waals surface area contributed by atoms with Gasteiger partial charge in [-0.05, 0) is 31.4 Å². The van der Waals surface area contributed by atoms with Gasteiger partial charge < -0.3 is 10.1 Å². The molecule has 0 radical (unpaired) electrons. The second-order valence-corrected chi connectivity index (χ2v) is 6.14. The van der Waals surface area contributed by atoms with Crippen molar-refractivity contribution in [3.63, 3.8) is 0 Å². The summed E-state index contributed by atoms with van der Waals surface area (Å²) in [5, 5.41) is 9.37. The number of piperidine rings is 1.